The zero-order valence-electron chi connectivity index (χ0n) is 11.0. The van der Waals surface area contributed by atoms with Gasteiger partial charge in [-0.1, -0.05) is 6.42 Å². The van der Waals surface area contributed by atoms with Crippen LogP contribution in [0, 0.1) is 0 Å². The minimum Gasteiger partial charge on any atom is -0.497 e. The molecule has 0 spiro atoms. The molecule has 4 nitrogen and oxygen atoms in total. The number of carbonyl (C=O) groups is 1. The molecule has 4 heteroatoms. The molecular weight excluding hydrogens is 240 g/mol. The molecule has 2 aromatic rings. The number of piperidine rings is 1. The highest BCUT2D eigenvalue weighted by molar-refractivity contribution is 6.10. The van der Waals surface area contributed by atoms with Gasteiger partial charge in [0.25, 0.3) is 0 Å². The average molecular weight is 258 g/mol. The predicted octanol–water partition coefficient (Wildman–Crippen LogP) is 2.50. The smallest absolute Gasteiger partial charge is 0.181 e. The molecule has 1 saturated heterocycles. The van der Waals surface area contributed by atoms with Crippen molar-refractivity contribution in [3.05, 3.63) is 30.0 Å². The van der Waals surface area contributed by atoms with Crippen molar-refractivity contribution >= 4 is 16.7 Å². The van der Waals surface area contributed by atoms with Gasteiger partial charge in [-0.3, -0.25) is 4.79 Å². The molecule has 1 aromatic carbocycles. The highest BCUT2D eigenvalue weighted by Crippen LogP contribution is 2.25. The summed E-state index contributed by atoms with van der Waals surface area (Å²) in [7, 11) is 1.64. The van der Waals surface area contributed by atoms with E-state index in [-0.39, 0.29) is 11.8 Å². The number of H-pyrrole nitrogens is 1. The van der Waals surface area contributed by atoms with E-state index in [9.17, 15) is 4.79 Å². The van der Waals surface area contributed by atoms with Crippen LogP contribution in [-0.4, -0.2) is 30.5 Å². The Morgan fingerprint density at radius 3 is 3.00 bits per heavy atom. The molecule has 19 heavy (non-hydrogen) atoms. The fraction of sp³-hybridized carbons (Fsp3) is 0.400. The molecule has 2 heterocycles. The number of benzene rings is 1. The zero-order valence-corrected chi connectivity index (χ0v) is 11.0. The van der Waals surface area contributed by atoms with Gasteiger partial charge in [0.2, 0.25) is 0 Å². The van der Waals surface area contributed by atoms with Crippen LogP contribution in [0.15, 0.2) is 24.4 Å². The van der Waals surface area contributed by atoms with Crippen LogP contribution in [-0.2, 0) is 0 Å². The summed E-state index contributed by atoms with van der Waals surface area (Å²) in [5.74, 6) is 0.986. The number of hydrogen-bond acceptors (Lipinski definition) is 3. The fourth-order valence-electron chi connectivity index (χ4n) is 2.70. The van der Waals surface area contributed by atoms with E-state index in [1.807, 2.05) is 24.4 Å². The van der Waals surface area contributed by atoms with Gasteiger partial charge < -0.3 is 15.0 Å². The van der Waals surface area contributed by atoms with Gasteiger partial charge >= 0.3 is 0 Å². The lowest BCUT2D eigenvalue weighted by Crippen LogP contribution is -2.40. The Bertz CT molecular complexity index is 597. The molecule has 2 N–H and O–H groups in total. The molecule has 1 atom stereocenters. The summed E-state index contributed by atoms with van der Waals surface area (Å²) in [6, 6.07) is 5.72. The summed E-state index contributed by atoms with van der Waals surface area (Å²) in [5, 5.41) is 4.28. The second-order valence-electron chi connectivity index (χ2n) is 4.98. The Morgan fingerprint density at radius 2 is 2.26 bits per heavy atom. The van der Waals surface area contributed by atoms with Crippen molar-refractivity contribution in [3.63, 3.8) is 0 Å². The number of ketones is 1. The summed E-state index contributed by atoms with van der Waals surface area (Å²) in [6.07, 6.45) is 5.03. The number of Topliss-reactive ketones (excluding diaryl/α,β-unsaturated/α-hetero) is 1. The van der Waals surface area contributed by atoms with E-state index >= 15 is 0 Å². The number of fused-ring (bicyclic) bond motifs is 1. The number of aromatic amines is 1. The largest absolute Gasteiger partial charge is 0.497 e. The van der Waals surface area contributed by atoms with E-state index in [0.29, 0.717) is 0 Å². The molecule has 1 unspecified atom stereocenters. The van der Waals surface area contributed by atoms with Crippen molar-refractivity contribution in [2.45, 2.75) is 25.3 Å². The van der Waals surface area contributed by atoms with E-state index in [1.54, 1.807) is 7.11 Å². The number of methoxy groups -OCH3 is 1. The third kappa shape index (κ3) is 2.24. The van der Waals surface area contributed by atoms with Crippen LogP contribution in [0.4, 0.5) is 0 Å². The van der Waals surface area contributed by atoms with Crippen LogP contribution < -0.4 is 10.1 Å². The normalized spacial score (nSPS) is 19.5. The second-order valence-corrected chi connectivity index (χ2v) is 4.98. The summed E-state index contributed by atoms with van der Waals surface area (Å²) < 4.78 is 5.19. The Hall–Kier alpha value is -1.81. The van der Waals surface area contributed by atoms with Gasteiger partial charge in [0.1, 0.15) is 5.75 Å². The first-order valence-corrected chi connectivity index (χ1v) is 6.72. The molecule has 0 radical (unpaired) electrons. The molecule has 1 aliphatic rings. The van der Waals surface area contributed by atoms with E-state index in [0.717, 1.165) is 48.0 Å². The number of ether oxygens (including phenoxy) is 1. The third-order valence-corrected chi connectivity index (χ3v) is 3.78. The molecule has 0 amide bonds. The van der Waals surface area contributed by atoms with E-state index in [1.165, 1.54) is 0 Å². The van der Waals surface area contributed by atoms with E-state index < -0.39 is 0 Å². The van der Waals surface area contributed by atoms with Crippen molar-refractivity contribution in [1.29, 1.82) is 0 Å². The maximum atomic E-state index is 12.5. The molecule has 1 aliphatic heterocycles. The second kappa shape index (κ2) is 5.05. The minimum atomic E-state index is -0.0325. The Morgan fingerprint density at radius 1 is 1.37 bits per heavy atom. The molecule has 1 aromatic heterocycles. The lowest BCUT2D eigenvalue weighted by Gasteiger charge is -2.21. The zero-order chi connectivity index (χ0) is 13.2. The van der Waals surface area contributed by atoms with E-state index in [4.69, 9.17) is 4.74 Å². The first-order valence-electron chi connectivity index (χ1n) is 6.72. The Balaban J connectivity index is 1.93. The maximum absolute atomic E-state index is 12.5. The molecule has 0 saturated carbocycles. The van der Waals surface area contributed by atoms with Gasteiger partial charge in [-0.15, -0.1) is 0 Å². The highest BCUT2D eigenvalue weighted by Gasteiger charge is 2.23. The number of hydrogen-bond donors (Lipinski definition) is 2. The van der Waals surface area contributed by atoms with Crippen molar-refractivity contribution in [2.75, 3.05) is 13.7 Å². The lowest BCUT2D eigenvalue weighted by molar-refractivity contribution is 0.0929. The predicted molar refractivity (Wildman–Crippen MR) is 74.8 cm³/mol. The van der Waals surface area contributed by atoms with Crippen LogP contribution in [0.3, 0.4) is 0 Å². The van der Waals surface area contributed by atoms with Gasteiger partial charge in [-0.25, -0.2) is 0 Å². The Kier molecular flexibility index (Phi) is 3.25. The molecule has 0 aliphatic carbocycles. The monoisotopic (exact) mass is 258 g/mol. The topological polar surface area (TPSA) is 54.1 Å². The molecule has 100 valence electrons. The molecular formula is C15H18N2O2. The molecule has 3 rings (SSSR count). The first kappa shape index (κ1) is 12.2. The SMILES string of the molecule is COc1ccc2c(C(=O)C3CCCCN3)c[nH]c2c1. The van der Waals surface area contributed by atoms with Gasteiger partial charge in [0, 0.05) is 28.7 Å². The van der Waals surface area contributed by atoms with Gasteiger partial charge in [-0.05, 0) is 31.5 Å². The third-order valence-electron chi connectivity index (χ3n) is 3.78. The number of rotatable bonds is 3. The van der Waals surface area contributed by atoms with Crippen molar-refractivity contribution in [2.24, 2.45) is 0 Å². The molecule has 1 fully saturated rings. The molecule has 0 bridgehead atoms. The number of carbonyl (C=O) groups excluding carboxylic acids is 1. The van der Waals surface area contributed by atoms with Crippen LogP contribution in [0.2, 0.25) is 0 Å². The summed E-state index contributed by atoms with van der Waals surface area (Å²) in [5.41, 5.74) is 1.72. The van der Waals surface area contributed by atoms with E-state index in [2.05, 4.69) is 10.3 Å². The van der Waals surface area contributed by atoms with Gasteiger partial charge in [0.05, 0.1) is 13.2 Å². The summed E-state index contributed by atoms with van der Waals surface area (Å²) >= 11 is 0. The van der Waals surface area contributed by atoms with Gasteiger partial charge in [0.15, 0.2) is 5.78 Å². The van der Waals surface area contributed by atoms with Gasteiger partial charge in [-0.2, -0.15) is 0 Å². The minimum absolute atomic E-state index is 0.0325. The lowest BCUT2D eigenvalue weighted by atomic mass is 9.96. The van der Waals surface area contributed by atoms with Crippen molar-refractivity contribution in [1.82, 2.24) is 10.3 Å². The van der Waals surface area contributed by atoms with Crippen molar-refractivity contribution in [3.8, 4) is 5.75 Å². The Labute approximate surface area is 112 Å². The van der Waals surface area contributed by atoms with Crippen LogP contribution in [0.5, 0.6) is 5.75 Å². The standard InChI is InChI=1S/C15H18N2O2/c1-19-10-5-6-11-12(9-17-14(11)8-10)15(18)13-4-2-3-7-16-13/h5-6,8-9,13,16-17H,2-4,7H2,1H3. The van der Waals surface area contributed by atoms with Crippen LogP contribution in [0.25, 0.3) is 10.9 Å². The van der Waals surface area contributed by atoms with Crippen LogP contribution >= 0.6 is 0 Å². The highest BCUT2D eigenvalue weighted by atomic mass is 16.5. The fourth-order valence-corrected chi connectivity index (χ4v) is 2.70. The number of aromatic nitrogens is 1. The quantitative estimate of drug-likeness (QED) is 0.832. The summed E-state index contributed by atoms with van der Waals surface area (Å²) in [4.78, 5) is 15.7. The maximum Gasteiger partial charge on any atom is 0.181 e. The first-order chi connectivity index (χ1) is 9.29. The number of nitrogens with one attached hydrogen (secondary N) is 2. The van der Waals surface area contributed by atoms with Crippen molar-refractivity contribution < 1.29 is 9.53 Å². The average Bonchev–Trinajstić information content (AvgIpc) is 2.90. The van der Waals surface area contributed by atoms with Crippen LogP contribution in [0.1, 0.15) is 29.6 Å². The summed E-state index contributed by atoms with van der Waals surface area (Å²) in [6.45, 7) is 0.937.